The van der Waals surface area contributed by atoms with Gasteiger partial charge in [0.15, 0.2) is 0 Å². The van der Waals surface area contributed by atoms with E-state index >= 15 is 0 Å². The molecular formula is C29H33Cl2N3O4S2. The second kappa shape index (κ2) is 13.8. The number of nitrogens with zero attached hydrogens (tertiary/aromatic N) is 2. The summed E-state index contributed by atoms with van der Waals surface area (Å²) in [4.78, 5) is 29.3. The van der Waals surface area contributed by atoms with Crippen LogP contribution < -0.4 is 9.62 Å². The number of halogens is 2. The average molecular weight is 623 g/mol. The first-order chi connectivity index (χ1) is 18.8. The molecule has 2 amide bonds. The van der Waals surface area contributed by atoms with Gasteiger partial charge >= 0.3 is 0 Å². The van der Waals surface area contributed by atoms with Crippen molar-refractivity contribution in [3.63, 3.8) is 0 Å². The zero-order valence-corrected chi connectivity index (χ0v) is 26.2. The van der Waals surface area contributed by atoms with E-state index in [0.29, 0.717) is 21.3 Å². The highest BCUT2D eigenvalue weighted by Crippen LogP contribution is 2.27. The molecule has 0 fully saturated rings. The molecule has 0 aliphatic carbocycles. The van der Waals surface area contributed by atoms with Crippen molar-refractivity contribution in [2.75, 3.05) is 17.1 Å². The second-order valence-electron chi connectivity index (χ2n) is 9.63. The summed E-state index contributed by atoms with van der Waals surface area (Å²) in [5, 5.41) is 3.50. The van der Waals surface area contributed by atoms with Gasteiger partial charge in [0.1, 0.15) is 12.6 Å². The number of rotatable bonds is 11. The fraction of sp³-hybridized carbons (Fsp3) is 0.310. The van der Waals surface area contributed by atoms with E-state index in [0.717, 1.165) is 14.8 Å². The molecule has 11 heteroatoms. The lowest BCUT2D eigenvalue weighted by molar-refractivity contribution is -0.139. The topological polar surface area (TPSA) is 86.8 Å². The van der Waals surface area contributed by atoms with Gasteiger partial charge in [0.25, 0.3) is 10.0 Å². The van der Waals surface area contributed by atoms with Crippen LogP contribution >= 0.6 is 35.0 Å². The number of aryl methyl sites for hydroxylation is 1. The van der Waals surface area contributed by atoms with Crippen LogP contribution in [0.4, 0.5) is 5.69 Å². The standard InChI is InChI=1S/C29H33Cl2N3O4S2/c1-19(2)32-29(36)21(4)33(17-22-8-15-26(30)27(31)16-22)28(35)18-34(23-9-6-20(3)7-10-23)40(37,38)25-13-11-24(39-5)12-14-25/h6-16,19,21H,17-18H2,1-5H3,(H,32,36)/t21-/m1/s1. The minimum absolute atomic E-state index is 0.0204. The molecule has 1 atom stereocenters. The Morgan fingerprint density at radius 1 is 0.925 bits per heavy atom. The highest BCUT2D eigenvalue weighted by atomic mass is 35.5. The van der Waals surface area contributed by atoms with Gasteiger partial charge in [-0.25, -0.2) is 8.42 Å². The molecule has 0 heterocycles. The molecule has 0 spiro atoms. The van der Waals surface area contributed by atoms with Crippen molar-refractivity contribution in [3.8, 4) is 0 Å². The van der Waals surface area contributed by atoms with Crippen molar-refractivity contribution >= 4 is 62.5 Å². The van der Waals surface area contributed by atoms with Gasteiger partial charge in [0, 0.05) is 17.5 Å². The lowest BCUT2D eigenvalue weighted by Gasteiger charge is -2.32. The Labute approximate surface area is 250 Å². The number of carbonyl (C=O) groups excluding carboxylic acids is 2. The Bertz CT molecular complexity index is 1450. The largest absolute Gasteiger partial charge is 0.352 e. The summed E-state index contributed by atoms with van der Waals surface area (Å²) in [7, 11) is -4.13. The monoisotopic (exact) mass is 621 g/mol. The zero-order chi connectivity index (χ0) is 29.6. The number of hydrogen-bond donors (Lipinski definition) is 1. The third-order valence-corrected chi connectivity index (χ3v) is 9.45. The minimum Gasteiger partial charge on any atom is -0.352 e. The number of anilines is 1. The number of benzene rings is 3. The average Bonchev–Trinajstić information content (AvgIpc) is 2.92. The summed E-state index contributed by atoms with van der Waals surface area (Å²) in [6, 6.07) is 17.3. The smallest absolute Gasteiger partial charge is 0.264 e. The molecule has 0 unspecified atom stereocenters. The Balaban J connectivity index is 2.04. The van der Waals surface area contributed by atoms with Crippen LogP contribution in [0.15, 0.2) is 76.5 Å². The maximum atomic E-state index is 13.9. The molecule has 0 aliphatic rings. The van der Waals surface area contributed by atoms with Crippen LogP contribution in [0.5, 0.6) is 0 Å². The number of carbonyl (C=O) groups is 2. The molecule has 0 aliphatic heterocycles. The summed E-state index contributed by atoms with van der Waals surface area (Å²) in [6.45, 7) is 6.65. The van der Waals surface area contributed by atoms with Gasteiger partial charge in [-0.05, 0) is 88.0 Å². The fourth-order valence-corrected chi connectivity index (χ4v) is 6.08. The number of nitrogens with one attached hydrogen (secondary N) is 1. The molecule has 0 aromatic heterocycles. The lowest BCUT2D eigenvalue weighted by atomic mass is 10.1. The van der Waals surface area contributed by atoms with Gasteiger partial charge in [-0.3, -0.25) is 13.9 Å². The molecule has 0 bridgehead atoms. The Morgan fingerprint density at radius 2 is 1.55 bits per heavy atom. The highest BCUT2D eigenvalue weighted by molar-refractivity contribution is 7.98. The zero-order valence-electron chi connectivity index (χ0n) is 23.0. The third kappa shape index (κ3) is 7.94. The number of amides is 2. The third-order valence-electron chi connectivity index (χ3n) is 6.18. The van der Waals surface area contributed by atoms with Gasteiger partial charge in [-0.2, -0.15) is 0 Å². The molecular weight excluding hydrogens is 589 g/mol. The maximum absolute atomic E-state index is 13.9. The predicted molar refractivity (Wildman–Crippen MR) is 164 cm³/mol. The molecule has 40 heavy (non-hydrogen) atoms. The number of sulfonamides is 1. The van der Waals surface area contributed by atoms with Crippen molar-refractivity contribution < 1.29 is 18.0 Å². The van der Waals surface area contributed by atoms with Crippen LogP contribution in [0, 0.1) is 6.92 Å². The fourth-order valence-electron chi connectivity index (χ4n) is 3.94. The van der Waals surface area contributed by atoms with E-state index in [9.17, 15) is 18.0 Å². The summed E-state index contributed by atoms with van der Waals surface area (Å²) in [5.74, 6) is -0.914. The SMILES string of the molecule is CSc1ccc(S(=O)(=O)N(CC(=O)N(Cc2ccc(Cl)c(Cl)c2)[C@H](C)C(=O)NC(C)C)c2ccc(C)cc2)cc1. The summed E-state index contributed by atoms with van der Waals surface area (Å²) in [6.07, 6.45) is 1.90. The van der Waals surface area contributed by atoms with E-state index in [-0.39, 0.29) is 23.4 Å². The minimum atomic E-state index is -4.13. The molecule has 3 aromatic rings. The first-order valence-corrected chi connectivity index (χ1v) is 16.0. The van der Waals surface area contributed by atoms with Gasteiger partial charge in [0.05, 0.1) is 20.6 Å². The van der Waals surface area contributed by atoms with Crippen LogP contribution in [0.25, 0.3) is 0 Å². The molecule has 3 rings (SSSR count). The molecule has 3 aromatic carbocycles. The molecule has 214 valence electrons. The highest BCUT2D eigenvalue weighted by Gasteiger charge is 2.32. The van der Waals surface area contributed by atoms with Crippen molar-refractivity contribution in [3.05, 3.63) is 87.9 Å². The molecule has 1 N–H and O–H groups in total. The quantitative estimate of drug-likeness (QED) is 0.259. The van der Waals surface area contributed by atoms with Gasteiger partial charge < -0.3 is 10.2 Å². The summed E-state index contributed by atoms with van der Waals surface area (Å²) in [5.41, 5.74) is 1.92. The van der Waals surface area contributed by atoms with E-state index in [2.05, 4.69) is 5.32 Å². The van der Waals surface area contributed by atoms with E-state index < -0.39 is 28.5 Å². The number of hydrogen-bond acceptors (Lipinski definition) is 5. The van der Waals surface area contributed by atoms with Crippen LogP contribution in [-0.2, 0) is 26.2 Å². The van der Waals surface area contributed by atoms with Crippen LogP contribution in [0.3, 0.4) is 0 Å². The first-order valence-electron chi connectivity index (χ1n) is 12.6. The maximum Gasteiger partial charge on any atom is 0.264 e. The molecule has 7 nitrogen and oxygen atoms in total. The van der Waals surface area contributed by atoms with E-state index in [4.69, 9.17) is 23.2 Å². The van der Waals surface area contributed by atoms with Crippen LogP contribution in [0.1, 0.15) is 31.9 Å². The Hall–Kier alpha value is -2.72. The summed E-state index contributed by atoms with van der Waals surface area (Å²) >= 11 is 13.8. The van der Waals surface area contributed by atoms with Crippen molar-refractivity contribution in [1.29, 1.82) is 0 Å². The van der Waals surface area contributed by atoms with Gasteiger partial charge in [0.2, 0.25) is 11.8 Å². The summed E-state index contributed by atoms with van der Waals surface area (Å²) < 4.78 is 28.9. The van der Waals surface area contributed by atoms with Crippen molar-refractivity contribution in [2.24, 2.45) is 0 Å². The predicted octanol–water partition coefficient (Wildman–Crippen LogP) is 6.16. The molecule has 0 radical (unpaired) electrons. The van der Waals surface area contributed by atoms with Crippen LogP contribution in [-0.4, -0.2) is 50.0 Å². The van der Waals surface area contributed by atoms with E-state index in [1.54, 1.807) is 61.5 Å². The van der Waals surface area contributed by atoms with E-state index in [1.807, 2.05) is 27.0 Å². The van der Waals surface area contributed by atoms with Crippen molar-refractivity contribution in [2.45, 2.75) is 56.1 Å². The number of thioether (sulfide) groups is 1. The normalized spacial score (nSPS) is 12.2. The second-order valence-corrected chi connectivity index (χ2v) is 13.2. The van der Waals surface area contributed by atoms with Gasteiger partial charge in [-0.15, -0.1) is 11.8 Å². The molecule has 0 saturated carbocycles. The van der Waals surface area contributed by atoms with Crippen LogP contribution in [0.2, 0.25) is 10.0 Å². The van der Waals surface area contributed by atoms with E-state index in [1.165, 1.54) is 28.8 Å². The Kier molecular flexibility index (Phi) is 10.9. The first kappa shape index (κ1) is 31.8. The van der Waals surface area contributed by atoms with Gasteiger partial charge in [-0.1, -0.05) is 47.0 Å². The molecule has 0 saturated heterocycles. The van der Waals surface area contributed by atoms with Crippen molar-refractivity contribution in [1.82, 2.24) is 10.2 Å². The Morgan fingerprint density at radius 3 is 2.10 bits per heavy atom. The lowest BCUT2D eigenvalue weighted by Crippen LogP contribution is -2.52.